The Morgan fingerprint density at radius 3 is 2.81 bits per heavy atom. The highest BCUT2D eigenvalue weighted by Gasteiger charge is 2.36. The van der Waals surface area contributed by atoms with Gasteiger partial charge in [0.1, 0.15) is 11.3 Å². The van der Waals surface area contributed by atoms with Crippen LogP contribution in [0.25, 0.3) is 11.2 Å². The minimum absolute atomic E-state index is 0.0482. The molecule has 1 aliphatic heterocycles. The minimum Gasteiger partial charge on any atom is -0.379 e. The van der Waals surface area contributed by atoms with E-state index in [9.17, 15) is 0 Å². The summed E-state index contributed by atoms with van der Waals surface area (Å²) < 4.78 is 9.94. The summed E-state index contributed by atoms with van der Waals surface area (Å²) in [6.07, 6.45) is 3.81. The average molecular weight is 311 g/mol. The molecule has 3 heterocycles. The highest BCUT2D eigenvalue weighted by Crippen LogP contribution is 2.33. The lowest BCUT2D eigenvalue weighted by molar-refractivity contribution is 0.161. The second-order valence-corrected chi connectivity index (χ2v) is 6.47. The van der Waals surface area contributed by atoms with Gasteiger partial charge in [-0.3, -0.25) is 4.68 Å². The van der Waals surface area contributed by atoms with Gasteiger partial charge in [-0.1, -0.05) is 13.3 Å². The van der Waals surface area contributed by atoms with E-state index < -0.39 is 0 Å². The molecule has 2 aromatic heterocycles. The Kier molecular flexibility index (Phi) is 3.97. The Morgan fingerprint density at radius 1 is 1.38 bits per heavy atom. The Balaban J connectivity index is 2.21. The van der Waals surface area contributed by atoms with Crippen LogP contribution < -0.4 is 0 Å². The standard InChI is InChI=1S/C15H23ClN4O/c1-4-5-11-13-14(19(3)18-11)20(12(17-13)6-8-16)15(2)7-9-21-10-15/h4-10H2,1-3H3. The number of rotatable bonds is 5. The molecule has 1 atom stereocenters. The van der Waals surface area contributed by atoms with Crippen LogP contribution in [0.1, 0.15) is 38.2 Å². The molecule has 0 aliphatic carbocycles. The fraction of sp³-hybridized carbons (Fsp3) is 0.733. The molecule has 5 nitrogen and oxygen atoms in total. The number of aryl methyl sites for hydroxylation is 3. The first-order valence-corrected chi connectivity index (χ1v) is 8.21. The molecule has 1 fully saturated rings. The zero-order valence-electron chi connectivity index (χ0n) is 13.0. The predicted octanol–water partition coefficient (Wildman–Crippen LogP) is 2.64. The molecule has 1 aliphatic rings. The maximum absolute atomic E-state index is 5.99. The van der Waals surface area contributed by atoms with E-state index in [0.29, 0.717) is 5.88 Å². The molecular weight excluding hydrogens is 288 g/mol. The van der Waals surface area contributed by atoms with Crippen LogP contribution in [0.3, 0.4) is 0 Å². The number of alkyl halides is 1. The minimum atomic E-state index is -0.0482. The zero-order chi connectivity index (χ0) is 15.0. The first-order chi connectivity index (χ1) is 10.1. The first kappa shape index (κ1) is 14.9. The van der Waals surface area contributed by atoms with Crippen LogP contribution in [0.4, 0.5) is 0 Å². The van der Waals surface area contributed by atoms with Gasteiger partial charge < -0.3 is 9.30 Å². The summed E-state index contributed by atoms with van der Waals surface area (Å²) in [6.45, 7) is 5.94. The van der Waals surface area contributed by atoms with Crippen molar-refractivity contribution in [1.29, 1.82) is 0 Å². The maximum Gasteiger partial charge on any atom is 0.159 e. The van der Waals surface area contributed by atoms with Gasteiger partial charge in [-0.25, -0.2) is 4.98 Å². The van der Waals surface area contributed by atoms with Gasteiger partial charge in [0, 0.05) is 26.0 Å². The zero-order valence-corrected chi connectivity index (χ0v) is 13.8. The van der Waals surface area contributed by atoms with Gasteiger partial charge >= 0.3 is 0 Å². The predicted molar refractivity (Wildman–Crippen MR) is 84.0 cm³/mol. The Bertz CT molecular complexity index is 640. The summed E-state index contributed by atoms with van der Waals surface area (Å²) >= 11 is 5.99. The van der Waals surface area contributed by atoms with Crippen molar-refractivity contribution in [2.45, 2.75) is 45.1 Å². The molecule has 0 saturated carbocycles. The van der Waals surface area contributed by atoms with Crippen molar-refractivity contribution in [2.24, 2.45) is 7.05 Å². The second kappa shape index (κ2) is 5.61. The smallest absolute Gasteiger partial charge is 0.159 e. The number of nitrogens with zero attached hydrogens (tertiary/aromatic N) is 4. The topological polar surface area (TPSA) is 44.9 Å². The van der Waals surface area contributed by atoms with Crippen molar-refractivity contribution in [3.63, 3.8) is 0 Å². The molecule has 1 saturated heterocycles. The quantitative estimate of drug-likeness (QED) is 0.798. The summed E-state index contributed by atoms with van der Waals surface area (Å²) in [5.41, 5.74) is 3.18. The summed E-state index contributed by atoms with van der Waals surface area (Å²) in [4.78, 5) is 4.87. The third-order valence-electron chi connectivity index (χ3n) is 4.32. The molecule has 6 heteroatoms. The van der Waals surface area contributed by atoms with Crippen LogP contribution in [0.15, 0.2) is 0 Å². The Hall–Kier alpha value is -1.07. The van der Waals surface area contributed by atoms with E-state index in [4.69, 9.17) is 21.3 Å². The number of hydrogen-bond donors (Lipinski definition) is 0. The molecule has 0 radical (unpaired) electrons. The van der Waals surface area contributed by atoms with Crippen molar-refractivity contribution in [1.82, 2.24) is 19.3 Å². The molecular formula is C15H23ClN4O. The third-order valence-corrected chi connectivity index (χ3v) is 4.50. The molecule has 116 valence electrons. The molecule has 0 spiro atoms. The molecule has 0 aromatic carbocycles. The summed E-state index contributed by atoms with van der Waals surface area (Å²) in [5.74, 6) is 1.63. The summed E-state index contributed by atoms with van der Waals surface area (Å²) in [6, 6.07) is 0. The Morgan fingerprint density at radius 2 is 2.19 bits per heavy atom. The van der Waals surface area contributed by atoms with Crippen LogP contribution in [0, 0.1) is 0 Å². The average Bonchev–Trinajstić information content (AvgIpc) is 3.09. The fourth-order valence-electron chi connectivity index (χ4n) is 3.28. The van der Waals surface area contributed by atoms with Crippen LogP contribution in [0.2, 0.25) is 0 Å². The van der Waals surface area contributed by atoms with Crippen LogP contribution in [0.5, 0.6) is 0 Å². The van der Waals surface area contributed by atoms with Crippen LogP contribution in [-0.2, 0) is 30.2 Å². The van der Waals surface area contributed by atoms with Gasteiger partial charge in [-0.05, 0) is 19.8 Å². The van der Waals surface area contributed by atoms with E-state index in [0.717, 1.165) is 61.6 Å². The largest absolute Gasteiger partial charge is 0.379 e. The number of fused-ring (bicyclic) bond motifs is 1. The highest BCUT2D eigenvalue weighted by atomic mass is 35.5. The monoisotopic (exact) mass is 310 g/mol. The van der Waals surface area contributed by atoms with E-state index in [1.807, 2.05) is 11.7 Å². The lowest BCUT2D eigenvalue weighted by Gasteiger charge is -2.27. The van der Waals surface area contributed by atoms with Crippen molar-refractivity contribution < 1.29 is 4.74 Å². The number of imidazole rings is 1. The third kappa shape index (κ3) is 2.36. The molecule has 1 unspecified atom stereocenters. The fourth-order valence-corrected chi connectivity index (χ4v) is 3.45. The second-order valence-electron chi connectivity index (χ2n) is 6.09. The molecule has 2 aromatic rings. The van der Waals surface area contributed by atoms with E-state index in [1.54, 1.807) is 0 Å². The number of aromatic nitrogens is 4. The van der Waals surface area contributed by atoms with E-state index in [-0.39, 0.29) is 5.54 Å². The van der Waals surface area contributed by atoms with Crippen molar-refractivity contribution in [2.75, 3.05) is 19.1 Å². The van der Waals surface area contributed by atoms with Crippen molar-refractivity contribution >= 4 is 22.8 Å². The van der Waals surface area contributed by atoms with Gasteiger partial charge in [-0.2, -0.15) is 5.10 Å². The van der Waals surface area contributed by atoms with E-state index in [2.05, 4.69) is 23.5 Å². The van der Waals surface area contributed by atoms with Gasteiger partial charge in [0.05, 0.1) is 17.8 Å². The van der Waals surface area contributed by atoms with Crippen molar-refractivity contribution in [3.05, 3.63) is 11.5 Å². The number of ether oxygens (including phenoxy) is 1. The summed E-state index contributed by atoms with van der Waals surface area (Å²) in [7, 11) is 2.00. The van der Waals surface area contributed by atoms with Gasteiger partial charge in [-0.15, -0.1) is 11.6 Å². The molecule has 0 amide bonds. The van der Waals surface area contributed by atoms with Gasteiger partial charge in [0.2, 0.25) is 0 Å². The molecule has 3 rings (SSSR count). The van der Waals surface area contributed by atoms with Crippen LogP contribution in [-0.4, -0.2) is 38.4 Å². The molecule has 0 N–H and O–H groups in total. The molecule has 21 heavy (non-hydrogen) atoms. The van der Waals surface area contributed by atoms with E-state index in [1.165, 1.54) is 0 Å². The SMILES string of the molecule is CCCc1nn(C)c2c1nc(CCCl)n2C1(C)CCOC1. The highest BCUT2D eigenvalue weighted by molar-refractivity contribution is 6.17. The lowest BCUT2D eigenvalue weighted by Crippen LogP contribution is -2.33. The number of hydrogen-bond acceptors (Lipinski definition) is 3. The number of halogens is 1. The lowest BCUT2D eigenvalue weighted by atomic mass is 10.0. The van der Waals surface area contributed by atoms with Crippen molar-refractivity contribution in [3.8, 4) is 0 Å². The van der Waals surface area contributed by atoms with Gasteiger partial charge in [0.25, 0.3) is 0 Å². The normalized spacial score (nSPS) is 22.5. The van der Waals surface area contributed by atoms with Crippen LogP contribution >= 0.6 is 11.6 Å². The van der Waals surface area contributed by atoms with E-state index >= 15 is 0 Å². The summed E-state index contributed by atoms with van der Waals surface area (Å²) in [5, 5.41) is 4.66. The Labute approximate surface area is 130 Å². The first-order valence-electron chi connectivity index (χ1n) is 7.68. The molecule has 0 bridgehead atoms. The van der Waals surface area contributed by atoms with Gasteiger partial charge in [0.15, 0.2) is 5.65 Å². The maximum atomic E-state index is 5.99.